The standard InChI is InChI=1S/C24H30N4O3/c1-16-20(14-22(29)27-11-6-7-12-27)17(2)26-23(25-16)18-10-13-28(15-18)24(30)19-8-4-5-9-21(19)31-3/h4-5,8-9,18H,6-7,10-15H2,1-3H3/t18-/m1/s1. The van der Waals surface area contributed by atoms with Gasteiger partial charge in [-0.15, -0.1) is 0 Å². The first-order chi connectivity index (χ1) is 15.0. The van der Waals surface area contributed by atoms with Crippen LogP contribution in [0.5, 0.6) is 5.75 Å². The van der Waals surface area contributed by atoms with Crippen molar-refractivity contribution in [1.82, 2.24) is 19.8 Å². The lowest BCUT2D eigenvalue weighted by molar-refractivity contribution is -0.129. The predicted molar refractivity (Wildman–Crippen MR) is 117 cm³/mol. The van der Waals surface area contributed by atoms with Crippen LogP contribution in [0, 0.1) is 13.8 Å². The van der Waals surface area contributed by atoms with Gasteiger partial charge in [-0.25, -0.2) is 9.97 Å². The quantitative estimate of drug-likeness (QED) is 0.741. The average molecular weight is 423 g/mol. The largest absolute Gasteiger partial charge is 0.496 e. The number of hydrogen-bond donors (Lipinski definition) is 0. The molecule has 1 aromatic heterocycles. The van der Waals surface area contributed by atoms with Crippen molar-refractivity contribution in [2.45, 2.75) is 45.4 Å². The highest BCUT2D eigenvalue weighted by Gasteiger charge is 2.31. The van der Waals surface area contributed by atoms with Crippen LogP contribution in [0.2, 0.25) is 0 Å². The minimum Gasteiger partial charge on any atom is -0.496 e. The van der Waals surface area contributed by atoms with Gasteiger partial charge in [0.2, 0.25) is 5.91 Å². The number of amides is 2. The minimum atomic E-state index is -0.0266. The molecule has 2 fully saturated rings. The fourth-order valence-corrected chi connectivity index (χ4v) is 4.58. The summed E-state index contributed by atoms with van der Waals surface area (Å²) in [6.45, 7) is 6.87. The molecule has 0 bridgehead atoms. The molecule has 2 aromatic rings. The van der Waals surface area contributed by atoms with Crippen LogP contribution in [0.25, 0.3) is 0 Å². The average Bonchev–Trinajstić information content (AvgIpc) is 3.48. The number of aromatic nitrogens is 2. The van der Waals surface area contributed by atoms with Gasteiger partial charge in [0, 0.05) is 49.0 Å². The summed E-state index contributed by atoms with van der Waals surface area (Å²) >= 11 is 0. The minimum absolute atomic E-state index is 0.0266. The number of benzene rings is 1. The number of likely N-dealkylation sites (tertiary alicyclic amines) is 2. The zero-order valence-electron chi connectivity index (χ0n) is 18.6. The molecule has 164 valence electrons. The van der Waals surface area contributed by atoms with Crippen molar-refractivity contribution in [2.24, 2.45) is 0 Å². The van der Waals surface area contributed by atoms with Crippen molar-refractivity contribution in [3.8, 4) is 5.75 Å². The molecular formula is C24H30N4O3. The van der Waals surface area contributed by atoms with Crippen molar-refractivity contribution in [3.05, 3.63) is 52.6 Å². The Balaban J connectivity index is 1.46. The molecule has 7 heteroatoms. The van der Waals surface area contributed by atoms with Gasteiger partial charge < -0.3 is 14.5 Å². The van der Waals surface area contributed by atoms with E-state index in [1.807, 2.05) is 35.8 Å². The van der Waals surface area contributed by atoms with Crippen molar-refractivity contribution >= 4 is 11.8 Å². The monoisotopic (exact) mass is 422 g/mol. The number of carbonyl (C=O) groups is 2. The van der Waals surface area contributed by atoms with E-state index < -0.39 is 0 Å². The summed E-state index contributed by atoms with van der Waals surface area (Å²) in [4.78, 5) is 38.9. The summed E-state index contributed by atoms with van der Waals surface area (Å²) in [6, 6.07) is 7.31. The lowest BCUT2D eigenvalue weighted by Gasteiger charge is -2.19. The van der Waals surface area contributed by atoms with Gasteiger partial charge in [0.25, 0.3) is 5.91 Å². The summed E-state index contributed by atoms with van der Waals surface area (Å²) in [5.74, 6) is 1.59. The molecule has 0 saturated carbocycles. The van der Waals surface area contributed by atoms with Gasteiger partial charge in [-0.3, -0.25) is 9.59 Å². The highest BCUT2D eigenvalue weighted by Crippen LogP contribution is 2.29. The van der Waals surface area contributed by atoms with Crippen LogP contribution in [-0.2, 0) is 11.2 Å². The molecule has 0 spiro atoms. The summed E-state index contributed by atoms with van der Waals surface area (Å²) in [5.41, 5.74) is 3.24. The Morgan fingerprint density at radius 2 is 1.71 bits per heavy atom. The van der Waals surface area contributed by atoms with Crippen LogP contribution in [0.4, 0.5) is 0 Å². The van der Waals surface area contributed by atoms with Crippen LogP contribution in [0.15, 0.2) is 24.3 Å². The zero-order chi connectivity index (χ0) is 22.0. The van der Waals surface area contributed by atoms with Gasteiger partial charge in [-0.2, -0.15) is 0 Å². The molecule has 2 aliphatic heterocycles. The number of carbonyl (C=O) groups excluding carboxylic acids is 2. The number of methoxy groups -OCH3 is 1. The normalized spacial score (nSPS) is 18.5. The first kappa shape index (κ1) is 21.3. The first-order valence-electron chi connectivity index (χ1n) is 11.0. The number of rotatable bonds is 5. The van der Waals surface area contributed by atoms with Gasteiger partial charge in [0.1, 0.15) is 11.6 Å². The van der Waals surface area contributed by atoms with E-state index in [2.05, 4.69) is 0 Å². The molecule has 0 unspecified atom stereocenters. The van der Waals surface area contributed by atoms with Crippen molar-refractivity contribution < 1.29 is 14.3 Å². The van der Waals surface area contributed by atoms with Crippen LogP contribution in [0.3, 0.4) is 0 Å². The van der Waals surface area contributed by atoms with Gasteiger partial charge in [-0.1, -0.05) is 12.1 Å². The summed E-state index contributed by atoms with van der Waals surface area (Å²) < 4.78 is 5.35. The smallest absolute Gasteiger partial charge is 0.257 e. The fraction of sp³-hybridized carbons (Fsp3) is 0.500. The highest BCUT2D eigenvalue weighted by atomic mass is 16.5. The Kier molecular flexibility index (Phi) is 6.20. The van der Waals surface area contributed by atoms with E-state index in [0.29, 0.717) is 30.8 Å². The fourth-order valence-electron chi connectivity index (χ4n) is 4.58. The molecular weight excluding hydrogens is 392 g/mol. The maximum atomic E-state index is 13.0. The van der Waals surface area contributed by atoms with E-state index in [1.165, 1.54) is 0 Å². The summed E-state index contributed by atoms with van der Waals surface area (Å²) in [7, 11) is 1.58. The first-order valence-corrected chi connectivity index (χ1v) is 11.0. The zero-order valence-corrected chi connectivity index (χ0v) is 18.6. The Bertz CT molecular complexity index is 962. The van der Waals surface area contributed by atoms with Crippen molar-refractivity contribution in [1.29, 1.82) is 0 Å². The summed E-state index contributed by atoms with van der Waals surface area (Å²) in [5, 5.41) is 0. The Morgan fingerprint density at radius 3 is 2.39 bits per heavy atom. The molecule has 2 aliphatic rings. The second-order valence-electron chi connectivity index (χ2n) is 8.43. The van der Waals surface area contributed by atoms with E-state index in [-0.39, 0.29) is 17.7 Å². The Hall–Kier alpha value is -2.96. The molecule has 2 saturated heterocycles. The SMILES string of the molecule is COc1ccccc1C(=O)N1CC[C@@H](c2nc(C)c(CC(=O)N3CCCC3)c(C)n2)C1. The molecule has 4 rings (SSSR count). The number of para-hydroxylation sites is 1. The van der Waals surface area contributed by atoms with Crippen molar-refractivity contribution in [3.63, 3.8) is 0 Å². The number of hydrogen-bond acceptors (Lipinski definition) is 5. The maximum absolute atomic E-state index is 13.0. The lowest BCUT2D eigenvalue weighted by Crippen LogP contribution is -2.30. The van der Waals surface area contributed by atoms with E-state index >= 15 is 0 Å². The highest BCUT2D eigenvalue weighted by molar-refractivity contribution is 5.97. The number of ether oxygens (including phenoxy) is 1. The Morgan fingerprint density at radius 1 is 1.03 bits per heavy atom. The second kappa shape index (κ2) is 9.04. The van der Waals surface area contributed by atoms with E-state index in [0.717, 1.165) is 55.1 Å². The van der Waals surface area contributed by atoms with Gasteiger partial charge >= 0.3 is 0 Å². The van der Waals surface area contributed by atoms with Crippen LogP contribution in [0.1, 0.15) is 58.3 Å². The molecule has 31 heavy (non-hydrogen) atoms. The third-order valence-corrected chi connectivity index (χ3v) is 6.40. The third-order valence-electron chi connectivity index (χ3n) is 6.40. The van der Waals surface area contributed by atoms with Crippen LogP contribution >= 0.6 is 0 Å². The van der Waals surface area contributed by atoms with Crippen LogP contribution in [-0.4, -0.2) is 64.9 Å². The second-order valence-corrected chi connectivity index (χ2v) is 8.43. The van der Waals surface area contributed by atoms with E-state index in [4.69, 9.17) is 14.7 Å². The van der Waals surface area contributed by atoms with Crippen molar-refractivity contribution in [2.75, 3.05) is 33.3 Å². The molecule has 1 atom stereocenters. The predicted octanol–water partition coefficient (Wildman–Crippen LogP) is 2.90. The lowest BCUT2D eigenvalue weighted by atomic mass is 10.0. The maximum Gasteiger partial charge on any atom is 0.257 e. The molecule has 0 aliphatic carbocycles. The van der Waals surface area contributed by atoms with E-state index in [1.54, 1.807) is 19.2 Å². The molecule has 3 heterocycles. The van der Waals surface area contributed by atoms with Crippen LogP contribution < -0.4 is 4.74 Å². The third kappa shape index (κ3) is 4.40. The van der Waals surface area contributed by atoms with Gasteiger partial charge in [-0.05, 0) is 45.2 Å². The topological polar surface area (TPSA) is 75.6 Å². The molecule has 2 amide bonds. The Labute approximate surface area is 183 Å². The molecule has 0 radical (unpaired) electrons. The molecule has 1 aromatic carbocycles. The number of aryl methyl sites for hydroxylation is 2. The van der Waals surface area contributed by atoms with Gasteiger partial charge in [0.15, 0.2) is 0 Å². The summed E-state index contributed by atoms with van der Waals surface area (Å²) in [6.07, 6.45) is 3.36. The van der Waals surface area contributed by atoms with E-state index in [9.17, 15) is 9.59 Å². The van der Waals surface area contributed by atoms with Gasteiger partial charge in [0.05, 0.1) is 19.1 Å². The molecule has 0 N–H and O–H groups in total. The number of nitrogens with zero attached hydrogens (tertiary/aromatic N) is 4. The molecule has 7 nitrogen and oxygen atoms in total.